The van der Waals surface area contributed by atoms with Crippen molar-refractivity contribution in [3.63, 3.8) is 0 Å². The van der Waals surface area contributed by atoms with Crippen molar-refractivity contribution < 1.29 is 19.1 Å². The van der Waals surface area contributed by atoms with E-state index in [9.17, 15) is 9.59 Å². The number of hydrogen-bond donors (Lipinski definition) is 0. The van der Waals surface area contributed by atoms with Gasteiger partial charge in [0, 0.05) is 11.1 Å². The number of rotatable bonds is 21. The van der Waals surface area contributed by atoms with E-state index in [4.69, 9.17) is 9.47 Å². The molecule has 0 saturated heterocycles. The van der Waals surface area contributed by atoms with Crippen LogP contribution in [0.3, 0.4) is 0 Å². The molecule has 0 atom stereocenters. The number of ether oxygens (including phenoxy) is 2. The Hall–Kier alpha value is -3.92. The standard InChI is InChI=1S/C42H54O4/c1-32(2)41(43)45-29-11-7-6-9-13-35-17-21-38(22-18-35)25-27-40-28-26-39(31-34(40)5)24-23-37-19-15-36(16-20-37)14-10-8-12-30-46-42(44)33(3)4/h15-22,26,28,31H,1,3,6-14,23-25,27,29-30H2,2,4-5H3. The number of carbonyl (C=O) groups excluding carboxylic acids is 2. The summed E-state index contributed by atoms with van der Waals surface area (Å²) in [6.07, 6.45) is 13.7. The molecule has 0 spiro atoms. The molecule has 3 aromatic carbocycles. The number of esters is 2. The Balaban J connectivity index is 1.30. The van der Waals surface area contributed by atoms with Gasteiger partial charge in [-0.05, 0) is 130 Å². The highest BCUT2D eigenvalue weighted by molar-refractivity contribution is 5.87. The SMILES string of the molecule is C=C(C)C(=O)OCCCCCCc1ccc(CCc2ccc(CCc3ccc(CCCCCOC(=O)C(=C)C)cc3)cc2C)cc1. The minimum Gasteiger partial charge on any atom is -0.462 e. The molecule has 0 aliphatic rings. The van der Waals surface area contributed by atoms with Gasteiger partial charge in [-0.15, -0.1) is 0 Å². The first kappa shape index (κ1) is 36.5. The quantitative estimate of drug-likeness (QED) is 0.0674. The normalized spacial score (nSPS) is 10.8. The van der Waals surface area contributed by atoms with E-state index in [0.29, 0.717) is 24.4 Å². The number of aryl methyl sites for hydroxylation is 7. The molecule has 4 nitrogen and oxygen atoms in total. The third-order valence-electron chi connectivity index (χ3n) is 8.47. The molecule has 3 aromatic rings. The van der Waals surface area contributed by atoms with Crippen LogP contribution in [0.25, 0.3) is 0 Å². The molecular formula is C42H54O4. The Labute approximate surface area is 277 Å². The van der Waals surface area contributed by atoms with Gasteiger partial charge in [0.05, 0.1) is 13.2 Å². The molecular weight excluding hydrogens is 568 g/mol. The summed E-state index contributed by atoms with van der Waals surface area (Å²) in [4.78, 5) is 22.8. The fraction of sp³-hybridized carbons (Fsp3) is 0.429. The molecule has 0 saturated carbocycles. The maximum absolute atomic E-state index is 11.4. The molecule has 0 aromatic heterocycles. The van der Waals surface area contributed by atoms with Gasteiger partial charge in [-0.3, -0.25) is 0 Å². The maximum atomic E-state index is 11.4. The molecule has 0 aliphatic heterocycles. The second kappa shape index (κ2) is 20.3. The van der Waals surface area contributed by atoms with E-state index < -0.39 is 0 Å². The van der Waals surface area contributed by atoms with Crippen molar-refractivity contribution in [2.75, 3.05) is 13.2 Å². The van der Waals surface area contributed by atoms with Crippen molar-refractivity contribution in [2.45, 2.75) is 104 Å². The molecule has 4 heteroatoms. The zero-order valence-electron chi connectivity index (χ0n) is 28.5. The van der Waals surface area contributed by atoms with Crippen LogP contribution in [0.15, 0.2) is 91.0 Å². The number of benzene rings is 3. The Morgan fingerprint density at radius 1 is 0.500 bits per heavy atom. The van der Waals surface area contributed by atoms with Gasteiger partial charge in [-0.25, -0.2) is 9.59 Å². The number of carbonyl (C=O) groups is 2. The first-order valence-electron chi connectivity index (χ1n) is 17.1. The molecule has 0 amide bonds. The Morgan fingerprint density at radius 3 is 1.33 bits per heavy atom. The molecule has 46 heavy (non-hydrogen) atoms. The third kappa shape index (κ3) is 14.0. The summed E-state index contributed by atoms with van der Waals surface area (Å²) in [5.41, 5.74) is 10.7. The molecule has 0 unspecified atom stereocenters. The van der Waals surface area contributed by atoms with Crippen LogP contribution in [0.4, 0.5) is 0 Å². The second-order valence-corrected chi connectivity index (χ2v) is 12.7. The van der Waals surface area contributed by atoms with Gasteiger partial charge in [-0.2, -0.15) is 0 Å². The molecule has 0 N–H and O–H groups in total. The van der Waals surface area contributed by atoms with E-state index in [1.807, 2.05) is 0 Å². The van der Waals surface area contributed by atoms with Crippen LogP contribution < -0.4 is 0 Å². The van der Waals surface area contributed by atoms with Gasteiger partial charge in [0.2, 0.25) is 0 Å². The average Bonchev–Trinajstić information content (AvgIpc) is 3.05. The molecule has 0 fully saturated rings. The summed E-state index contributed by atoms with van der Waals surface area (Å²) in [6, 6.07) is 25.2. The lowest BCUT2D eigenvalue weighted by Crippen LogP contribution is -2.06. The summed E-state index contributed by atoms with van der Waals surface area (Å²) in [5, 5.41) is 0. The first-order chi connectivity index (χ1) is 22.2. The zero-order chi connectivity index (χ0) is 33.1. The molecule has 3 rings (SSSR count). The smallest absolute Gasteiger partial charge is 0.333 e. The number of hydrogen-bond acceptors (Lipinski definition) is 4. The summed E-state index contributed by atoms with van der Waals surface area (Å²) in [6.45, 7) is 13.8. The van der Waals surface area contributed by atoms with E-state index in [2.05, 4.69) is 86.8 Å². The Bertz CT molecular complexity index is 1400. The van der Waals surface area contributed by atoms with Crippen molar-refractivity contribution in [2.24, 2.45) is 0 Å². The predicted molar refractivity (Wildman–Crippen MR) is 190 cm³/mol. The highest BCUT2D eigenvalue weighted by Gasteiger charge is 2.06. The van der Waals surface area contributed by atoms with Crippen molar-refractivity contribution >= 4 is 11.9 Å². The summed E-state index contributed by atoms with van der Waals surface area (Å²) in [7, 11) is 0. The minimum absolute atomic E-state index is 0.288. The van der Waals surface area contributed by atoms with Crippen LogP contribution in [0.1, 0.15) is 97.7 Å². The maximum Gasteiger partial charge on any atom is 0.333 e. The van der Waals surface area contributed by atoms with Gasteiger partial charge in [-0.1, -0.05) is 92.7 Å². The lowest BCUT2D eigenvalue weighted by molar-refractivity contribution is -0.139. The molecule has 0 aliphatic carbocycles. The first-order valence-corrected chi connectivity index (χ1v) is 17.1. The topological polar surface area (TPSA) is 52.6 Å². The highest BCUT2D eigenvalue weighted by Crippen LogP contribution is 2.18. The third-order valence-corrected chi connectivity index (χ3v) is 8.47. The van der Waals surface area contributed by atoms with E-state index in [0.717, 1.165) is 83.5 Å². The fourth-order valence-corrected chi connectivity index (χ4v) is 5.48. The lowest BCUT2D eigenvalue weighted by Gasteiger charge is -2.10. The van der Waals surface area contributed by atoms with Crippen molar-refractivity contribution in [1.82, 2.24) is 0 Å². The second-order valence-electron chi connectivity index (χ2n) is 12.7. The van der Waals surface area contributed by atoms with Gasteiger partial charge in [0.25, 0.3) is 0 Å². The predicted octanol–water partition coefficient (Wildman–Crippen LogP) is 9.62. The highest BCUT2D eigenvalue weighted by atomic mass is 16.5. The van der Waals surface area contributed by atoms with Crippen molar-refractivity contribution in [3.8, 4) is 0 Å². The van der Waals surface area contributed by atoms with Crippen molar-refractivity contribution in [3.05, 3.63) is 130 Å². The van der Waals surface area contributed by atoms with Gasteiger partial charge < -0.3 is 9.47 Å². The van der Waals surface area contributed by atoms with Crippen LogP contribution in [0.2, 0.25) is 0 Å². The van der Waals surface area contributed by atoms with Gasteiger partial charge >= 0.3 is 11.9 Å². The molecule has 0 heterocycles. The molecule has 0 radical (unpaired) electrons. The Kier molecular flexibility index (Phi) is 16.1. The molecule has 246 valence electrons. The van der Waals surface area contributed by atoms with Gasteiger partial charge in [0.1, 0.15) is 0 Å². The van der Waals surface area contributed by atoms with Crippen LogP contribution in [-0.4, -0.2) is 25.2 Å². The van der Waals surface area contributed by atoms with Gasteiger partial charge in [0.15, 0.2) is 0 Å². The summed E-state index contributed by atoms with van der Waals surface area (Å²) >= 11 is 0. The van der Waals surface area contributed by atoms with E-state index in [1.165, 1.54) is 38.9 Å². The van der Waals surface area contributed by atoms with Crippen LogP contribution in [0, 0.1) is 6.92 Å². The average molecular weight is 623 g/mol. The molecule has 0 bridgehead atoms. The van der Waals surface area contributed by atoms with Crippen LogP contribution >= 0.6 is 0 Å². The minimum atomic E-state index is -0.294. The lowest BCUT2D eigenvalue weighted by atomic mass is 9.95. The van der Waals surface area contributed by atoms with Crippen molar-refractivity contribution in [1.29, 1.82) is 0 Å². The zero-order valence-corrected chi connectivity index (χ0v) is 28.5. The van der Waals surface area contributed by atoms with E-state index >= 15 is 0 Å². The Morgan fingerprint density at radius 2 is 0.870 bits per heavy atom. The monoisotopic (exact) mass is 622 g/mol. The van der Waals surface area contributed by atoms with Crippen LogP contribution in [-0.2, 0) is 57.6 Å². The fourth-order valence-electron chi connectivity index (χ4n) is 5.48. The summed E-state index contributed by atoms with van der Waals surface area (Å²) < 4.78 is 10.3. The summed E-state index contributed by atoms with van der Waals surface area (Å²) in [5.74, 6) is -0.582. The van der Waals surface area contributed by atoms with E-state index in [-0.39, 0.29) is 11.9 Å². The van der Waals surface area contributed by atoms with Crippen LogP contribution in [0.5, 0.6) is 0 Å². The number of unbranched alkanes of at least 4 members (excludes halogenated alkanes) is 5. The largest absolute Gasteiger partial charge is 0.462 e. The van der Waals surface area contributed by atoms with E-state index in [1.54, 1.807) is 13.8 Å².